The molecular formula is C16H30N2. The van der Waals surface area contributed by atoms with E-state index in [4.69, 9.17) is 0 Å². The molecule has 0 bridgehead atoms. The highest BCUT2D eigenvalue weighted by Crippen LogP contribution is 2.35. The topological polar surface area (TPSA) is 15.3 Å². The van der Waals surface area contributed by atoms with E-state index in [0.717, 1.165) is 23.9 Å². The minimum atomic E-state index is 0.762. The smallest absolute Gasteiger partial charge is 0.0124 e. The maximum absolute atomic E-state index is 3.74. The number of hydrogen-bond acceptors (Lipinski definition) is 2. The van der Waals surface area contributed by atoms with E-state index in [9.17, 15) is 0 Å². The Labute approximate surface area is 113 Å². The third kappa shape index (κ3) is 3.08. The third-order valence-electron chi connectivity index (χ3n) is 5.55. The molecule has 2 heteroatoms. The van der Waals surface area contributed by atoms with Crippen LogP contribution in [-0.2, 0) is 0 Å². The number of hydrogen-bond donors (Lipinski definition) is 1. The van der Waals surface area contributed by atoms with Gasteiger partial charge in [0.25, 0.3) is 0 Å². The molecule has 1 aliphatic heterocycles. The molecule has 0 aromatic carbocycles. The lowest BCUT2D eigenvalue weighted by atomic mass is 9.96. The first-order valence-corrected chi connectivity index (χ1v) is 8.32. The van der Waals surface area contributed by atoms with Crippen molar-refractivity contribution in [3.8, 4) is 0 Å². The molecule has 0 aromatic rings. The molecule has 2 unspecified atom stereocenters. The standard InChI is InChI=1S/C16H30N2/c1-13(14-8-9-14)17-10-12-18-11-4-7-16(18)15-5-2-3-6-15/h13-17H,2-12H2,1H3. The van der Waals surface area contributed by atoms with Crippen molar-refractivity contribution in [3.05, 3.63) is 0 Å². The Kier molecular flexibility index (Phi) is 4.25. The van der Waals surface area contributed by atoms with E-state index in [-0.39, 0.29) is 0 Å². The minimum absolute atomic E-state index is 0.762. The van der Waals surface area contributed by atoms with Crippen LogP contribution in [0.3, 0.4) is 0 Å². The second-order valence-corrected chi connectivity index (χ2v) is 6.87. The van der Waals surface area contributed by atoms with Crippen LogP contribution in [0, 0.1) is 11.8 Å². The molecule has 0 aromatic heterocycles. The lowest BCUT2D eigenvalue weighted by molar-refractivity contribution is 0.189. The number of nitrogens with zero attached hydrogens (tertiary/aromatic N) is 1. The van der Waals surface area contributed by atoms with Crippen molar-refractivity contribution < 1.29 is 0 Å². The zero-order valence-corrected chi connectivity index (χ0v) is 12.0. The van der Waals surface area contributed by atoms with E-state index in [2.05, 4.69) is 17.1 Å². The van der Waals surface area contributed by atoms with Gasteiger partial charge in [-0.2, -0.15) is 0 Å². The molecule has 1 saturated heterocycles. The van der Waals surface area contributed by atoms with Gasteiger partial charge in [0.2, 0.25) is 0 Å². The summed E-state index contributed by atoms with van der Waals surface area (Å²) in [6, 6.07) is 1.70. The van der Waals surface area contributed by atoms with Crippen LogP contribution in [-0.4, -0.2) is 36.6 Å². The van der Waals surface area contributed by atoms with Crippen LogP contribution >= 0.6 is 0 Å². The molecule has 2 aliphatic carbocycles. The van der Waals surface area contributed by atoms with E-state index in [1.807, 2.05) is 0 Å². The molecule has 2 saturated carbocycles. The molecule has 104 valence electrons. The lowest BCUT2D eigenvalue weighted by Gasteiger charge is -2.29. The first-order chi connectivity index (χ1) is 8.84. The van der Waals surface area contributed by atoms with Gasteiger partial charge >= 0.3 is 0 Å². The summed E-state index contributed by atoms with van der Waals surface area (Å²) in [6.07, 6.45) is 11.8. The quantitative estimate of drug-likeness (QED) is 0.779. The van der Waals surface area contributed by atoms with Crippen molar-refractivity contribution in [2.24, 2.45) is 11.8 Å². The van der Waals surface area contributed by atoms with Crippen LogP contribution in [0.15, 0.2) is 0 Å². The predicted molar refractivity (Wildman–Crippen MR) is 76.7 cm³/mol. The van der Waals surface area contributed by atoms with Crippen LogP contribution in [0.25, 0.3) is 0 Å². The summed E-state index contributed by atoms with van der Waals surface area (Å²) in [7, 11) is 0. The van der Waals surface area contributed by atoms with Crippen LogP contribution in [0.4, 0.5) is 0 Å². The predicted octanol–water partition coefficient (Wildman–Crippen LogP) is 3.03. The van der Waals surface area contributed by atoms with Gasteiger partial charge in [0.1, 0.15) is 0 Å². The van der Waals surface area contributed by atoms with Gasteiger partial charge in [0.05, 0.1) is 0 Å². The molecule has 2 nitrogen and oxygen atoms in total. The lowest BCUT2D eigenvalue weighted by Crippen LogP contribution is -2.41. The van der Waals surface area contributed by atoms with Crippen LogP contribution in [0.2, 0.25) is 0 Å². The zero-order chi connectivity index (χ0) is 12.4. The second-order valence-electron chi connectivity index (χ2n) is 6.87. The Hall–Kier alpha value is -0.0800. The molecule has 0 radical (unpaired) electrons. The highest BCUT2D eigenvalue weighted by Gasteiger charge is 2.33. The molecule has 3 rings (SSSR count). The summed E-state index contributed by atoms with van der Waals surface area (Å²) < 4.78 is 0. The summed E-state index contributed by atoms with van der Waals surface area (Å²) in [5.41, 5.74) is 0. The molecule has 2 atom stereocenters. The van der Waals surface area contributed by atoms with Crippen LogP contribution in [0.5, 0.6) is 0 Å². The number of likely N-dealkylation sites (tertiary alicyclic amines) is 1. The molecule has 0 spiro atoms. The van der Waals surface area contributed by atoms with E-state index < -0.39 is 0 Å². The maximum Gasteiger partial charge on any atom is 0.0124 e. The normalized spacial score (nSPS) is 32.2. The molecular weight excluding hydrogens is 220 g/mol. The van der Waals surface area contributed by atoms with E-state index >= 15 is 0 Å². The third-order valence-corrected chi connectivity index (χ3v) is 5.55. The van der Waals surface area contributed by atoms with Gasteiger partial charge in [-0.3, -0.25) is 4.90 Å². The Balaban J connectivity index is 1.40. The highest BCUT2D eigenvalue weighted by atomic mass is 15.2. The molecule has 1 N–H and O–H groups in total. The SMILES string of the molecule is CC(NCCN1CCCC1C1CCCC1)C1CC1. The summed E-state index contributed by atoms with van der Waals surface area (Å²) in [5.74, 6) is 2.03. The van der Waals surface area contributed by atoms with Gasteiger partial charge in [-0.15, -0.1) is 0 Å². The summed E-state index contributed by atoms with van der Waals surface area (Å²) >= 11 is 0. The van der Waals surface area contributed by atoms with Crippen molar-refractivity contribution in [1.29, 1.82) is 0 Å². The largest absolute Gasteiger partial charge is 0.313 e. The van der Waals surface area contributed by atoms with E-state index in [1.54, 1.807) is 0 Å². The first-order valence-electron chi connectivity index (χ1n) is 8.32. The maximum atomic E-state index is 3.74. The Morgan fingerprint density at radius 1 is 1.06 bits per heavy atom. The van der Waals surface area contributed by atoms with Gasteiger partial charge < -0.3 is 5.32 Å². The molecule has 1 heterocycles. The fraction of sp³-hybridized carbons (Fsp3) is 1.00. The van der Waals surface area contributed by atoms with Crippen molar-refractivity contribution in [2.45, 2.75) is 70.4 Å². The summed E-state index contributed by atoms with van der Waals surface area (Å²) in [4.78, 5) is 2.79. The van der Waals surface area contributed by atoms with Crippen molar-refractivity contribution >= 4 is 0 Å². The number of rotatable bonds is 6. The van der Waals surface area contributed by atoms with E-state index in [1.165, 1.54) is 71.0 Å². The van der Waals surface area contributed by atoms with Crippen molar-refractivity contribution in [2.75, 3.05) is 19.6 Å². The van der Waals surface area contributed by atoms with Crippen molar-refractivity contribution in [1.82, 2.24) is 10.2 Å². The highest BCUT2D eigenvalue weighted by molar-refractivity contribution is 4.88. The van der Waals surface area contributed by atoms with Gasteiger partial charge in [-0.1, -0.05) is 12.8 Å². The molecule has 3 fully saturated rings. The fourth-order valence-corrected chi connectivity index (χ4v) is 4.20. The Bertz CT molecular complexity index is 256. The molecule has 3 aliphatic rings. The van der Waals surface area contributed by atoms with Crippen LogP contribution < -0.4 is 5.32 Å². The zero-order valence-electron chi connectivity index (χ0n) is 12.0. The van der Waals surface area contributed by atoms with Crippen LogP contribution in [0.1, 0.15) is 58.3 Å². The van der Waals surface area contributed by atoms with Gasteiger partial charge in [0.15, 0.2) is 0 Å². The summed E-state index contributed by atoms with van der Waals surface area (Å²) in [6.45, 7) is 6.23. The average Bonchev–Trinajstić information content (AvgIpc) is 2.90. The van der Waals surface area contributed by atoms with Crippen molar-refractivity contribution in [3.63, 3.8) is 0 Å². The van der Waals surface area contributed by atoms with Gasteiger partial charge in [0, 0.05) is 25.2 Å². The Morgan fingerprint density at radius 3 is 2.56 bits per heavy atom. The monoisotopic (exact) mass is 250 g/mol. The van der Waals surface area contributed by atoms with Gasteiger partial charge in [-0.25, -0.2) is 0 Å². The fourth-order valence-electron chi connectivity index (χ4n) is 4.20. The molecule has 0 amide bonds. The average molecular weight is 250 g/mol. The second kappa shape index (κ2) is 5.92. The van der Waals surface area contributed by atoms with Gasteiger partial charge in [-0.05, 0) is 63.8 Å². The Morgan fingerprint density at radius 2 is 1.83 bits per heavy atom. The first kappa shape index (κ1) is 12.9. The minimum Gasteiger partial charge on any atom is -0.313 e. The molecule has 18 heavy (non-hydrogen) atoms. The van der Waals surface area contributed by atoms with E-state index in [0.29, 0.717) is 0 Å². The number of nitrogens with one attached hydrogen (secondary N) is 1. The summed E-state index contributed by atoms with van der Waals surface area (Å²) in [5, 5.41) is 3.74.